The van der Waals surface area contributed by atoms with Crippen molar-refractivity contribution in [2.45, 2.75) is 13.8 Å². The molecular weight excluding hydrogens is 368 g/mol. The van der Waals surface area contributed by atoms with E-state index in [0.717, 1.165) is 17.1 Å². The van der Waals surface area contributed by atoms with E-state index in [1.165, 1.54) is 18.2 Å². The van der Waals surface area contributed by atoms with Gasteiger partial charge in [0.1, 0.15) is 11.4 Å². The number of fused-ring (bicyclic) bond motifs is 1. The third-order valence-corrected chi connectivity index (χ3v) is 4.81. The van der Waals surface area contributed by atoms with Crippen LogP contribution in [0.4, 0.5) is 11.4 Å². The molecule has 4 aromatic rings. The molecule has 1 N–H and O–H groups in total. The number of aryl methyl sites for hydroxylation is 1. The zero-order valence-electron chi connectivity index (χ0n) is 15.9. The highest BCUT2D eigenvalue weighted by molar-refractivity contribution is 6.03. The Kier molecular flexibility index (Phi) is 4.56. The average molecular weight is 386 g/mol. The third-order valence-electron chi connectivity index (χ3n) is 4.81. The quantitative estimate of drug-likeness (QED) is 0.303. The number of nitro groups is 1. The molecule has 0 amide bonds. The number of nitro benzene ring substituents is 1. The first-order valence-electron chi connectivity index (χ1n) is 9.01. The van der Waals surface area contributed by atoms with Gasteiger partial charge in [-0.3, -0.25) is 15.1 Å². The maximum atomic E-state index is 11.0. The summed E-state index contributed by atoms with van der Waals surface area (Å²) in [5, 5.41) is 27.3. The maximum Gasteiger partial charge on any atom is 0.270 e. The topological polar surface area (TPSA) is 93.5 Å². The van der Waals surface area contributed by atoms with Gasteiger partial charge in [-0.15, -0.1) is 0 Å². The van der Waals surface area contributed by atoms with E-state index >= 15 is 0 Å². The Morgan fingerprint density at radius 1 is 1.10 bits per heavy atom. The van der Waals surface area contributed by atoms with Gasteiger partial charge >= 0.3 is 0 Å². The summed E-state index contributed by atoms with van der Waals surface area (Å²) in [6, 6.07) is 17.5. The summed E-state index contributed by atoms with van der Waals surface area (Å²) in [7, 11) is 0. The second-order valence-electron chi connectivity index (χ2n) is 6.69. The van der Waals surface area contributed by atoms with Crippen LogP contribution in [0, 0.1) is 24.0 Å². The van der Waals surface area contributed by atoms with Gasteiger partial charge in [-0.1, -0.05) is 24.3 Å². The summed E-state index contributed by atoms with van der Waals surface area (Å²) < 4.78 is 1.83. The minimum absolute atomic E-state index is 0.00176. The van der Waals surface area contributed by atoms with Crippen LogP contribution in [0.15, 0.2) is 65.7 Å². The van der Waals surface area contributed by atoms with Crippen molar-refractivity contribution in [3.63, 3.8) is 0 Å². The Bertz CT molecular complexity index is 1260. The average Bonchev–Trinajstić information content (AvgIpc) is 3.01. The number of aliphatic imine (C=N–C) groups is 1. The monoisotopic (exact) mass is 386 g/mol. The van der Waals surface area contributed by atoms with E-state index in [9.17, 15) is 15.2 Å². The van der Waals surface area contributed by atoms with Crippen LogP contribution in [0.2, 0.25) is 0 Å². The van der Waals surface area contributed by atoms with Gasteiger partial charge in [0.2, 0.25) is 0 Å². The van der Waals surface area contributed by atoms with Crippen LogP contribution in [0.3, 0.4) is 0 Å². The Morgan fingerprint density at radius 3 is 2.59 bits per heavy atom. The molecule has 0 aliphatic rings. The van der Waals surface area contributed by atoms with Crippen LogP contribution in [0.5, 0.6) is 5.75 Å². The molecule has 0 atom stereocenters. The number of nitrogens with zero attached hydrogens (tertiary/aromatic N) is 4. The number of benzene rings is 3. The smallest absolute Gasteiger partial charge is 0.270 e. The number of hydrogen-bond donors (Lipinski definition) is 1. The fourth-order valence-corrected chi connectivity index (χ4v) is 3.35. The van der Waals surface area contributed by atoms with Gasteiger partial charge in [-0.25, -0.2) is 4.68 Å². The van der Waals surface area contributed by atoms with E-state index in [1.54, 1.807) is 18.3 Å². The van der Waals surface area contributed by atoms with Crippen molar-refractivity contribution < 1.29 is 10.0 Å². The number of aromatic hydroxyl groups is 1. The zero-order chi connectivity index (χ0) is 20.5. The number of aromatic nitrogens is 2. The molecule has 29 heavy (non-hydrogen) atoms. The minimum Gasteiger partial charge on any atom is -0.507 e. The Hall–Kier alpha value is -4.00. The number of phenols is 1. The maximum absolute atomic E-state index is 11.0. The normalized spacial score (nSPS) is 11.4. The van der Waals surface area contributed by atoms with E-state index in [2.05, 4.69) is 10.1 Å². The first-order chi connectivity index (χ1) is 14.0. The molecule has 0 aliphatic heterocycles. The minimum atomic E-state index is -0.440. The molecule has 1 aromatic heterocycles. The first kappa shape index (κ1) is 18.4. The molecule has 7 nitrogen and oxygen atoms in total. The van der Waals surface area contributed by atoms with Gasteiger partial charge < -0.3 is 5.11 Å². The molecule has 7 heteroatoms. The number of non-ortho nitro benzene ring substituents is 1. The highest BCUT2D eigenvalue weighted by Crippen LogP contribution is 2.30. The fraction of sp³-hybridized carbons (Fsp3) is 0.0909. The molecule has 0 radical (unpaired) electrons. The molecular formula is C22H18N4O3. The lowest BCUT2D eigenvalue weighted by molar-refractivity contribution is -0.384. The van der Waals surface area contributed by atoms with Crippen molar-refractivity contribution in [1.82, 2.24) is 9.78 Å². The predicted molar refractivity (Wildman–Crippen MR) is 113 cm³/mol. The Balaban J connectivity index is 1.79. The molecule has 0 spiro atoms. The summed E-state index contributed by atoms with van der Waals surface area (Å²) in [4.78, 5) is 15.2. The van der Waals surface area contributed by atoms with Crippen molar-refractivity contribution in [2.75, 3.05) is 0 Å². The molecule has 0 bridgehead atoms. The van der Waals surface area contributed by atoms with Crippen molar-refractivity contribution in [1.29, 1.82) is 0 Å². The first-order valence-corrected chi connectivity index (χ1v) is 9.01. The third kappa shape index (κ3) is 3.34. The van der Waals surface area contributed by atoms with Gasteiger partial charge in [0.15, 0.2) is 0 Å². The zero-order valence-corrected chi connectivity index (χ0v) is 15.9. The van der Waals surface area contributed by atoms with Gasteiger partial charge in [-0.05, 0) is 48.9 Å². The van der Waals surface area contributed by atoms with Gasteiger partial charge in [0, 0.05) is 23.9 Å². The summed E-state index contributed by atoms with van der Waals surface area (Å²) in [5.74, 6) is 0.0564. The second-order valence-corrected chi connectivity index (χ2v) is 6.69. The number of hydrogen-bond acceptors (Lipinski definition) is 5. The lowest BCUT2D eigenvalue weighted by Crippen LogP contribution is -1.98. The van der Waals surface area contributed by atoms with E-state index in [4.69, 9.17) is 0 Å². The SMILES string of the molecule is Cc1nn(-c2ccccc2)c(C)c1N=Cc1c(O)ccc2cc([N+](=O)[O-])ccc12. The second kappa shape index (κ2) is 7.20. The van der Waals surface area contributed by atoms with Crippen molar-refractivity contribution in [2.24, 2.45) is 4.99 Å². The van der Waals surface area contributed by atoms with Crippen LogP contribution >= 0.6 is 0 Å². The highest BCUT2D eigenvalue weighted by Gasteiger charge is 2.13. The molecule has 1 heterocycles. The lowest BCUT2D eigenvalue weighted by atomic mass is 10.0. The van der Waals surface area contributed by atoms with Crippen LogP contribution in [0.25, 0.3) is 16.5 Å². The van der Waals surface area contributed by atoms with Crippen LogP contribution in [0.1, 0.15) is 17.0 Å². The van der Waals surface area contributed by atoms with Crippen LogP contribution in [-0.4, -0.2) is 26.0 Å². The van der Waals surface area contributed by atoms with E-state index in [-0.39, 0.29) is 11.4 Å². The Morgan fingerprint density at radius 2 is 1.86 bits per heavy atom. The van der Waals surface area contributed by atoms with Gasteiger partial charge in [0.05, 0.1) is 22.0 Å². The molecule has 0 saturated carbocycles. The highest BCUT2D eigenvalue weighted by atomic mass is 16.6. The summed E-state index contributed by atoms with van der Waals surface area (Å²) in [6.07, 6.45) is 1.58. The largest absolute Gasteiger partial charge is 0.507 e. The number of rotatable bonds is 4. The number of para-hydroxylation sites is 1. The van der Waals surface area contributed by atoms with Crippen LogP contribution in [-0.2, 0) is 0 Å². The number of phenolic OH excluding ortho intramolecular Hbond substituents is 1. The lowest BCUT2D eigenvalue weighted by Gasteiger charge is -2.05. The molecule has 3 aromatic carbocycles. The predicted octanol–water partition coefficient (Wildman–Crippen LogP) is 5.01. The van der Waals surface area contributed by atoms with Gasteiger partial charge in [0.25, 0.3) is 5.69 Å². The standard InChI is InChI=1S/C22H18N4O3/c1-14-22(15(2)25(24-14)17-6-4-3-5-7-17)23-13-20-19-10-9-18(26(28)29)12-16(19)8-11-21(20)27/h3-13,27H,1-2H3. The molecule has 0 saturated heterocycles. The summed E-state index contributed by atoms with van der Waals surface area (Å²) in [5.41, 5.74) is 3.80. The fourth-order valence-electron chi connectivity index (χ4n) is 3.35. The Labute approximate surface area is 166 Å². The van der Waals surface area contributed by atoms with E-state index in [0.29, 0.717) is 22.0 Å². The van der Waals surface area contributed by atoms with Crippen molar-refractivity contribution >= 4 is 28.4 Å². The molecule has 0 unspecified atom stereocenters. The molecule has 144 valence electrons. The molecule has 0 fully saturated rings. The van der Waals surface area contributed by atoms with Crippen molar-refractivity contribution in [3.05, 3.63) is 87.7 Å². The van der Waals surface area contributed by atoms with E-state index in [1.807, 2.05) is 48.9 Å². The van der Waals surface area contributed by atoms with Gasteiger partial charge in [-0.2, -0.15) is 5.10 Å². The summed E-state index contributed by atoms with van der Waals surface area (Å²) >= 11 is 0. The van der Waals surface area contributed by atoms with Crippen LogP contribution < -0.4 is 0 Å². The van der Waals surface area contributed by atoms with E-state index < -0.39 is 4.92 Å². The molecule has 0 aliphatic carbocycles. The van der Waals surface area contributed by atoms with Crippen molar-refractivity contribution in [3.8, 4) is 11.4 Å². The molecule has 4 rings (SSSR count). The summed E-state index contributed by atoms with van der Waals surface area (Å²) in [6.45, 7) is 3.82.